The second kappa shape index (κ2) is 16.7. The quantitative estimate of drug-likeness (QED) is 0.134. The summed E-state index contributed by atoms with van der Waals surface area (Å²) in [5.74, 6) is 0.707. The minimum Gasteiger partial charge on any atom is -0.444 e. The number of imidazole rings is 1. The van der Waals surface area contributed by atoms with E-state index in [-0.39, 0.29) is 41.3 Å². The Hall–Kier alpha value is -5.75. The Bertz CT molecular complexity index is 2450. The number of imide groups is 1. The molecular formula is C42H49F2N11O5. The molecule has 9 rings (SSSR count). The van der Waals surface area contributed by atoms with E-state index in [1.807, 2.05) is 18.2 Å². The number of nitrogens with zero attached hydrogens (tertiary/aromatic N) is 8. The molecule has 1 aromatic carbocycles. The van der Waals surface area contributed by atoms with Crippen LogP contribution < -0.4 is 21.6 Å². The summed E-state index contributed by atoms with van der Waals surface area (Å²) in [6.45, 7) is 6.12. The fourth-order valence-electron chi connectivity index (χ4n) is 8.83. The van der Waals surface area contributed by atoms with Crippen LogP contribution in [-0.2, 0) is 23.2 Å². The zero-order valence-electron chi connectivity index (χ0n) is 33.5. The summed E-state index contributed by atoms with van der Waals surface area (Å²) >= 11 is 0. The van der Waals surface area contributed by atoms with Gasteiger partial charge in [0, 0.05) is 64.1 Å². The van der Waals surface area contributed by atoms with Crippen molar-refractivity contribution in [3.8, 4) is 11.5 Å². The molecule has 0 bridgehead atoms. The van der Waals surface area contributed by atoms with Crippen molar-refractivity contribution in [3.63, 3.8) is 0 Å². The Morgan fingerprint density at radius 3 is 2.48 bits per heavy atom. The highest BCUT2D eigenvalue weighted by molar-refractivity contribution is 6.03. The number of aromatic nitrogens is 6. The molecule has 5 aromatic rings. The molecule has 4 aromatic heterocycles. The molecule has 0 spiro atoms. The first-order chi connectivity index (χ1) is 29.1. The number of fused-ring (bicyclic) bond motifs is 1. The summed E-state index contributed by atoms with van der Waals surface area (Å²) in [5, 5.41) is 12.5. The van der Waals surface area contributed by atoms with Gasteiger partial charge in [-0.05, 0) is 99.7 Å². The van der Waals surface area contributed by atoms with E-state index in [1.165, 1.54) is 29.9 Å². The van der Waals surface area contributed by atoms with Gasteiger partial charge in [-0.2, -0.15) is 5.10 Å². The van der Waals surface area contributed by atoms with Gasteiger partial charge in [-0.1, -0.05) is 6.07 Å². The lowest BCUT2D eigenvalue weighted by Gasteiger charge is -2.37. The number of piperidine rings is 3. The Balaban J connectivity index is 0.753. The van der Waals surface area contributed by atoms with Gasteiger partial charge in [-0.15, -0.1) is 0 Å². The topological polar surface area (TPSA) is 177 Å². The van der Waals surface area contributed by atoms with Crippen molar-refractivity contribution in [1.29, 1.82) is 0 Å². The van der Waals surface area contributed by atoms with Gasteiger partial charge >= 0.3 is 5.69 Å². The van der Waals surface area contributed by atoms with Gasteiger partial charge in [0.15, 0.2) is 11.4 Å². The van der Waals surface area contributed by atoms with Crippen LogP contribution in [0.25, 0.3) is 22.5 Å². The molecule has 316 valence electrons. The third-order valence-corrected chi connectivity index (χ3v) is 12.5. The summed E-state index contributed by atoms with van der Waals surface area (Å²) in [6, 6.07) is 8.69. The van der Waals surface area contributed by atoms with Gasteiger partial charge < -0.3 is 20.0 Å². The number of alkyl halides is 2. The van der Waals surface area contributed by atoms with Crippen molar-refractivity contribution in [3.05, 3.63) is 76.4 Å². The Morgan fingerprint density at radius 2 is 1.73 bits per heavy atom. The lowest BCUT2D eigenvalue weighted by molar-refractivity contribution is -0.135. The monoisotopic (exact) mass is 825 g/mol. The molecule has 60 heavy (non-hydrogen) atoms. The van der Waals surface area contributed by atoms with Crippen LogP contribution in [0.4, 0.5) is 20.3 Å². The number of oxazole rings is 1. The van der Waals surface area contributed by atoms with Gasteiger partial charge in [-0.25, -0.2) is 23.5 Å². The van der Waals surface area contributed by atoms with Gasteiger partial charge in [0.25, 0.3) is 12.3 Å². The van der Waals surface area contributed by atoms with Crippen LogP contribution >= 0.6 is 0 Å². The molecule has 1 aliphatic carbocycles. The maximum atomic E-state index is 14.2. The number of anilines is 2. The largest absolute Gasteiger partial charge is 0.444 e. The number of rotatable bonds is 13. The van der Waals surface area contributed by atoms with Crippen LogP contribution in [0.3, 0.4) is 0 Å². The zero-order valence-corrected chi connectivity index (χ0v) is 33.5. The average molecular weight is 826 g/mol. The van der Waals surface area contributed by atoms with Crippen LogP contribution in [0, 0.1) is 11.8 Å². The van der Waals surface area contributed by atoms with E-state index in [2.05, 4.69) is 40.8 Å². The second-order valence-electron chi connectivity index (χ2n) is 16.7. The number of pyridine rings is 1. The fourth-order valence-corrected chi connectivity index (χ4v) is 8.83. The SMILES string of the molecule is Cn1c(=O)n(C2CCC(=O)NC2=O)c2ccc(CN3CCC(CN4CCC(n5cc(NC(=O)c6coc(-c7ccnc(NCC8CC8)c7)n6)c(C(F)F)n5)CC4)CC3)cc21. The molecular weight excluding hydrogens is 777 g/mol. The molecule has 3 saturated heterocycles. The highest BCUT2D eigenvalue weighted by Gasteiger charge is 2.32. The molecule has 7 heterocycles. The predicted molar refractivity (Wildman–Crippen MR) is 217 cm³/mol. The van der Waals surface area contributed by atoms with Gasteiger partial charge in [0.1, 0.15) is 18.1 Å². The highest BCUT2D eigenvalue weighted by atomic mass is 19.3. The Morgan fingerprint density at radius 1 is 0.950 bits per heavy atom. The van der Waals surface area contributed by atoms with Crippen LogP contribution in [0.5, 0.6) is 0 Å². The number of halogens is 2. The van der Waals surface area contributed by atoms with E-state index in [9.17, 15) is 28.0 Å². The fraction of sp³-hybridized carbons (Fsp3) is 0.500. The maximum absolute atomic E-state index is 14.2. The maximum Gasteiger partial charge on any atom is 0.329 e. The van der Waals surface area contributed by atoms with Gasteiger partial charge in [-0.3, -0.25) is 38.4 Å². The lowest BCUT2D eigenvalue weighted by Crippen LogP contribution is -2.44. The molecule has 1 atom stereocenters. The van der Waals surface area contributed by atoms with E-state index in [1.54, 1.807) is 34.6 Å². The highest BCUT2D eigenvalue weighted by Crippen LogP contribution is 2.33. The van der Waals surface area contributed by atoms with Crippen LogP contribution in [-0.4, -0.2) is 95.7 Å². The molecule has 4 aliphatic rings. The summed E-state index contributed by atoms with van der Waals surface area (Å²) in [7, 11) is 1.71. The van der Waals surface area contributed by atoms with Crippen molar-refractivity contribution in [2.24, 2.45) is 18.9 Å². The minimum absolute atomic E-state index is 0.0322. The second-order valence-corrected chi connectivity index (χ2v) is 16.7. The van der Waals surface area contributed by atoms with Crippen molar-refractivity contribution in [2.75, 3.05) is 49.9 Å². The lowest BCUT2D eigenvalue weighted by atomic mass is 9.94. The summed E-state index contributed by atoms with van der Waals surface area (Å²) in [5.41, 5.74) is 2.35. The first-order valence-corrected chi connectivity index (χ1v) is 20.9. The number of amides is 3. The minimum atomic E-state index is -2.87. The van der Waals surface area contributed by atoms with Crippen molar-refractivity contribution < 1.29 is 27.6 Å². The van der Waals surface area contributed by atoms with Crippen molar-refractivity contribution >= 4 is 40.3 Å². The molecule has 3 aliphatic heterocycles. The van der Waals surface area contributed by atoms with E-state index >= 15 is 0 Å². The number of benzene rings is 1. The number of hydrogen-bond donors (Lipinski definition) is 3. The van der Waals surface area contributed by atoms with E-state index in [0.717, 1.165) is 82.6 Å². The van der Waals surface area contributed by atoms with E-state index in [0.29, 0.717) is 35.2 Å². The number of carbonyl (C=O) groups is 3. The summed E-state index contributed by atoms with van der Waals surface area (Å²) in [6.07, 6.45) is 8.02. The molecule has 0 radical (unpaired) electrons. The first kappa shape index (κ1) is 39.7. The summed E-state index contributed by atoms with van der Waals surface area (Å²) in [4.78, 5) is 64.2. The molecule has 16 nitrogen and oxygen atoms in total. The van der Waals surface area contributed by atoms with Crippen LogP contribution in [0.1, 0.15) is 91.6 Å². The molecule has 1 saturated carbocycles. The molecule has 18 heteroatoms. The third-order valence-electron chi connectivity index (χ3n) is 12.5. The predicted octanol–water partition coefficient (Wildman–Crippen LogP) is 5.13. The van der Waals surface area contributed by atoms with Crippen LogP contribution in [0.15, 0.2) is 58.2 Å². The smallest absolute Gasteiger partial charge is 0.329 e. The van der Waals surface area contributed by atoms with Crippen LogP contribution in [0.2, 0.25) is 0 Å². The molecule has 1 unspecified atom stereocenters. The van der Waals surface area contributed by atoms with E-state index < -0.39 is 30.0 Å². The Kier molecular flexibility index (Phi) is 11.1. The van der Waals surface area contributed by atoms with Crippen molar-refractivity contribution in [2.45, 2.75) is 76.4 Å². The van der Waals surface area contributed by atoms with Gasteiger partial charge in [0.05, 0.1) is 22.8 Å². The number of carbonyl (C=O) groups excluding carboxylic acids is 3. The van der Waals surface area contributed by atoms with E-state index in [4.69, 9.17) is 4.42 Å². The molecule has 4 fully saturated rings. The Labute approximate surface area is 344 Å². The average Bonchev–Trinajstić information content (AvgIpc) is 3.66. The summed E-state index contributed by atoms with van der Waals surface area (Å²) < 4.78 is 38.6. The standard InChI is InChI=1S/C42H49F2N11O5/c1-51-34-18-27(4-5-32(34)55(42(51)59)33-6-7-36(56)49-40(33)58)22-52-14-9-26(10-15-52)21-53-16-11-29(12-17-53)54-23-30(37(50-54)38(43)44)47-39(57)31-24-60-41(48-31)28-8-13-45-35(19-28)46-20-25-2-3-25/h4-5,8,13,18-19,23-26,29,33,38H,2-3,6-7,9-12,14-17,20-22H2,1H3,(H,45,46)(H,47,57)(H,49,56,58). The first-order valence-electron chi connectivity index (χ1n) is 20.9. The number of aryl methyl sites for hydroxylation is 1. The number of hydrogen-bond acceptors (Lipinski definition) is 11. The van der Waals surface area contributed by atoms with Crippen molar-refractivity contribution in [1.82, 2.24) is 44.0 Å². The van der Waals surface area contributed by atoms with Gasteiger partial charge in [0.2, 0.25) is 17.7 Å². The number of likely N-dealkylation sites (tertiary alicyclic amines) is 2. The molecule has 3 amide bonds. The normalized spacial score (nSPS) is 20.0. The third kappa shape index (κ3) is 8.48. The molecule has 3 N–H and O–H groups in total. The number of nitrogens with one attached hydrogen (secondary N) is 3. The zero-order chi connectivity index (χ0) is 41.5.